The minimum Gasteiger partial charge on any atom is -0.496 e. The van der Waals surface area contributed by atoms with Crippen LogP contribution in [0.2, 0.25) is 5.15 Å². The van der Waals surface area contributed by atoms with Crippen LogP contribution >= 0.6 is 11.6 Å². The summed E-state index contributed by atoms with van der Waals surface area (Å²) in [5.74, 6) is 1.35. The van der Waals surface area contributed by atoms with Gasteiger partial charge in [0.25, 0.3) is 10.0 Å². The molecule has 0 saturated heterocycles. The fraction of sp³-hybridized carbons (Fsp3) is 0.188. The number of aromatic nitrogens is 1. The largest absolute Gasteiger partial charge is 0.496 e. The Balaban J connectivity index is 2.32. The third kappa shape index (κ3) is 5.01. The van der Waals surface area contributed by atoms with E-state index in [1.165, 1.54) is 45.7 Å². The lowest BCUT2D eigenvalue weighted by Gasteiger charge is -2.12. The van der Waals surface area contributed by atoms with Crippen molar-refractivity contribution in [2.45, 2.75) is 0 Å². The summed E-state index contributed by atoms with van der Waals surface area (Å²) in [6.07, 6.45) is 2.70. The Morgan fingerprint density at radius 3 is 2.20 bits per heavy atom. The normalized spacial score (nSPS) is 11.4. The van der Waals surface area contributed by atoms with Crippen LogP contribution < -0.4 is 18.9 Å². The van der Waals surface area contributed by atoms with Crippen LogP contribution in [-0.4, -0.2) is 34.7 Å². The molecule has 0 fully saturated rings. The van der Waals surface area contributed by atoms with Gasteiger partial charge in [0.05, 0.1) is 44.2 Å². The van der Waals surface area contributed by atoms with E-state index in [1.807, 2.05) is 0 Å². The highest BCUT2D eigenvalue weighted by Gasteiger charge is 2.13. The summed E-state index contributed by atoms with van der Waals surface area (Å²) in [6.45, 7) is 0. The number of benzene rings is 1. The number of hydrogen-bond donors (Lipinski definition) is 1. The lowest BCUT2D eigenvalue weighted by Crippen LogP contribution is -2.09. The number of halogens is 1. The van der Waals surface area contributed by atoms with E-state index in [0.717, 1.165) is 5.41 Å². The lowest BCUT2D eigenvalue weighted by molar-refractivity contribution is 0.374. The maximum Gasteiger partial charge on any atom is 0.255 e. The average Bonchev–Trinajstić information content (AvgIpc) is 2.61. The van der Waals surface area contributed by atoms with E-state index in [2.05, 4.69) is 9.71 Å². The van der Waals surface area contributed by atoms with Gasteiger partial charge in [-0.2, -0.15) is 0 Å². The number of nitrogens with zero attached hydrogens (tertiary/aromatic N) is 1. The first-order chi connectivity index (χ1) is 11.9. The quantitative estimate of drug-likeness (QED) is 0.738. The molecule has 0 unspecified atom stereocenters. The van der Waals surface area contributed by atoms with Crippen molar-refractivity contribution < 1.29 is 22.6 Å². The number of sulfonamides is 1. The first-order valence-electron chi connectivity index (χ1n) is 7.01. The molecule has 7 nitrogen and oxygen atoms in total. The third-order valence-corrected chi connectivity index (χ3v) is 4.39. The van der Waals surface area contributed by atoms with Crippen LogP contribution in [0.25, 0.3) is 6.08 Å². The summed E-state index contributed by atoms with van der Waals surface area (Å²) < 4.78 is 42.5. The fourth-order valence-corrected chi connectivity index (χ4v) is 2.93. The maximum atomic E-state index is 12.2. The number of hydrogen-bond acceptors (Lipinski definition) is 6. The zero-order valence-corrected chi connectivity index (χ0v) is 15.4. The summed E-state index contributed by atoms with van der Waals surface area (Å²) in [5, 5.41) is 1.28. The molecule has 134 valence electrons. The Bertz CT molecular complexity index is 842. The monoisotopic (exact) mass is 384 g/mol. The van der Waals surface area contributed by atoms with Gasteiger partial charge in [-0.25, -0.2) is 13.4 Å². The number of nitrogens with one attached hydrogen (secondary N) is 1. The molecule has 25 heavy (non-hydrogen) atoms. The molecule has 0 atom stereocenters. The summed E-state index contributed by atoms with van der Waals surface area (Å²) >= 11 is 5.68. The Labute approximate surface area is 151 Å². The summed E-state index contributed by atoms with van der Waals surface area (Å²) in [4.78, 5) is 3.82. The van der Waals surface area contributed by atoms with Crippen LogP contribution in [0, 0.1) is 0 Å². The standard InChI is InChI=1S/C16H17ClN2O5S/c1-22-12-8-14(23-2)13(15(9-12)24-3)6-7-25(20,21)19-11-4-5-16(17)18-10-11/h4-10,19H,1-3H3/b7-6+. The molecule has 1 aromatic carbocycles. The molecule has 9 heteroatoms. The molecule has 0 amide bonds. The molecule has 2 rings (SSSR count). The SMILES string of the molecule is COc1cc(OC)c(/C=C/S(=O)(=O)Nc2ccc(Cl)nc2)c(OC)c1. The number of rotatable bonds is 7. The molecule has 1 N–H and O–H groups in total. The second-order valence-corrected chi connectivity index (χ2v) is 6.72. The van der Waals surface area contributed by atoms with E-state index >= 15 is 0 Å². The first-order valence-corrected chi connectivity index (χ1v) is 8.93. The van der Waals surface area contributed by atoms with Crippen LogP contribution in [0.1, 0.15) is 5.56 Å². The molecule has 0 bridgehead atoms. The van der Waals surface area contributed by atoms with Crippen molar-refractivity contribution in [3.63, 3.8) is 0 Å². The van der Waals surface area contributed by atoms with Crippen molar-refractivity contribution in [1.29, 1.82) is 0 Å². The second-order valence-electron chi connectivity index (χ2n) is 4.77. The number of ether oxygens (including phenoxy) is 3. The van der Waals surface area contributed by atoms with E-state index in [-0.39, 0.29) is 5.15 Å². The number of pyridine rings is 1. The van der Waals surface area contributed by atoms with Crippen LogP contribution in [-0.2, 0) is 10.0 Å². The van der Waals surface area contributed by atoms with Crippen molar-refractivity contribution in [2.24, 2.45) is 0 Å². The molecule has 1 aromatic heterocycles. The van der Waals surface area contributed by atoms with Crippen LogP contribution in [0.15, 0.2) is 35.9 Å². The van der Waals surface area contributed by atoms with Crippen molar-refractivity contribution >= 4 is 33.4 Å². The van der Waals surface area contributed by atoms with Gasteiger partial charge in [0.15, 0.2) is 0 Å². The molecule has 0 aliphatic carbocycles. The minimum absolute atomic E-state index is 0.270. The maximum absolute atomic E-state index is 12.2. The molecular formula is C16H17ClN2O5S. The zero-order chi connectivity index (χ0) is 18.4. The van der Waals surface area contributed by atoms with Gasteiger partial charge in [0.1, 0.15) is 22.4 Å². The topological polar surface area (TPSA) is 86.8 Å². The van der Waals surface area contributed by atoms with Gasteiger partial charge < -0.3 is 14.2 Å². The van der Waals surface area contributed by atoms with Crippen LogP contribution in [0.4, 0.5) is 5.69 Å². The van der Waals surface area contributed by atoms with Crippen molar-refractivity contribution in [3.8, 4) is 17.2 Å². The van der Waals surface area contributed by atoms with E-state index < -0.39 is 10.0 Å². The lowest BCUT2D eigenvalue weighted by atomic mass is 10.1. The van der Waals surface area contributed by atoms with Crippen molar-refractivity contribution in [2.75, 3.05) is 26.1 Å². The highest BCUT2D eigenvalue weighted by Crippen LogP contribution is 2.35. The van der Waals surface area contributed by atoms with E-state index in [9.17, 15) is 8.42 Å². The van der Waals surface area contributed by atoms with Gasteiger partial charge in [-0.05, 0) is 18.2 Å². The molecule has 2 aromatic rings. The van der Waals surface area contributed by atoms with E-state index in [0.29, 0.717) is 28.5 Å². The zero-order valence-electron chi connectivity index (χ0n) is 13.8. The number of methoxy groups -OCH3 is 3. The van der Waals surface area contributed by atoms with Gasteiger partial charge in [0, 0.05) is 12.1 Å². The first kappa shape index (κ1) is 18.9. The highest BCUT2D eigenvalue weighted by atomic mass is 35.5. The predicted molar refractivity (Wildman–Crippen MR) is 96.9 cm³/mol. The Kier molecular flexibility index (Phi) is 6.11. The molecule has 0 radical (unpaired) electrons. The summed E-state index contributed by atoms with van der Waals surface area (Å²) in [7, 11) is 0.685. The second kappa shape index (κ2) is 8.09. The van der Waals surface area contributed by atoms with Gasteiger partial charge in [0.2, 0.25) is 0 Å². The third-order valence-electron chi connectivity index (χ3n) is 3.15. The van der Waals surface area contributed by atoms with Gasteiger partial charge in [-0.1, -0.05) is 11.6 Å². The highest BCUT2D eigenvalue weighted by molar-refractivity contribution is 7.95. The molecular weight excluding hydrogens is 368 g/mol. The van der Waals surface area contributed by atoms with E-state index in [1.54, 1.807) is 12.1 Å². The van der Waals surface area contributed by atoms with Crippen LogP contribution in [0.3, 0.4) is 0 Å². The molecule has 0 aliphatic heterocycles. The molecule has 0 saturated carbocycles. The Morgan fingerprint density at radius 2 is 1.72 bits per heavy atom. The average molecular weight is 385 g/mol. The Morgan fingerprint density at radius 1 is 1.08 bits per heavy atom. The minimum atomic E-state index is -3.77. The van der Waals surface area contributed by atoms with Crippen molar-refractivity contribution in [1.82, 2.24) is 4.98 Å². The molecule has 1 heterocycles. The van der Waals surface area contributed by atoms with Gasteiger partial charge >= 0.3 is 0 Å². The number of anilines is 1. The fourth-order valence-electron chi connectivity index (χ4n) is 1.99. The van der Waals surface area contributed by atoms with Crippen molar-refractivity contribution in [3.05, 3.63) is 46.6 Å². The van der Waals surface area contributed by atoms with Crippen LogP contribution in [0.5, 0.6) is 17.2 Å². The molecule has 0 aliphatic rings. The van der Waals surface area contributed by atoms with E-state index in [4.69, 9.17) is 25.8 Å². The summed E-state index contributed by atoms with van der Waals surface area (Å²) in [5.41, 5.74) is 0.758. The van der Waals surface area contributed by atoms with Gasteiger partial charge in [-0.15, -0.1) is 0 Å². The predicted octanol–water partition coefficient (Wildman–Crippen LogP) is 3.17. The Hall–Kier alpha value is -2.45. The van der Waals surface area contributed by atoms with Gasteiger partial charge in [-0.3, -0.25) is 4.72 Å². The smallest absolute Gasteiger partial charge is 0.255 e. The summed E-state index contributed by atoms with van der Waals surface area (Å²) in [6, 6.07) is 6.25. The molecule has 0 spiro atoms.